The van der Waals surface area contributed by atoms with Crippen LogP contribution in [0.2, 0.25) is 0 Å². The van der Waals surface area contributed by atoms with Crippen molar-refractivity contribution in [3.63, 3.8) is 0 Å². The van der Waals surface area contributed by atoms with Gasteiger partial charge in [-0.3, -0.25) is 9.59 Å². The minimum atomic E-state index is -1.15. The number of benzene rings is 1. The van der Waals surface area contributed by atoms with Crippen LogP contribution >= 0.6 is 0 Å². The monoisotopic (exact) mass is 379 g/mol. The maximum absolute atomic E-state index is 12.1. The maximum atomic E-state index is 12.1. The number of aliphatic carboxylic acids is 1. The van der Waals surface area contributed by atoms with Gasteiger partial charge in [-0.05, 0) is 23.0 Å². The predicted octanol–water partition coefficient (Wildman–Crippen LogP) is 1.94. The molecule has 0 heterocycles. The summed E-state index contributed by atoms with van der Waals surface area (Å²) in [6, 6.07) is 4.69. The lowest BCUT2D eigenvalue weighted by Crippen LogP contribution is -2.44. The highest BCUT2D eigenvalue weighted by Gasteiger charge is 2.19. The quantitative estimate of drug-likeness (QED) is 0.485. The molecule has 5 N–H and O–H groups in total. The van der Waals surface area contributed by atoms with Crippen LogP contribution in [0, 0.1) is 0 Å². The summed E-state index contributed by atoms with van der Waals surface area (Å²) < 4.78 is 5.54. The van der Waals surface area contributed by atoms with E-state index in [0.29, 0.717) is 5.75 Å². The number of para-hydroxylation sites is 1. The maximum Gasteiger partial charge on any atom is 0.412 e. The van der Waals surface area contributed by atoms with Crippen LogP contribution in [0.4, 0.5) is 4.79 Å². The summed E-state index contributed by atoms with van der Waals surface area (Å²) in [6.07, 6.45) is -1.07. The molecule has 27 heavy (non-hydrogen) atoms. The van der Waals surface area contributed by atoms with Crippen molar-refractivity contribution >= 4 is 18.0 Å². The number of carboxylic acid groups (broad SMARTS) is 1. The van der Waals surface area contributed by atoms with Crippen LogP contribution in [0.1, 0.15) is 57.1 Å². The molecule has 0 fully saturated rings. The Kier molecular flexibility index (Phi) is 8.74. The van der Waals surface area contributed by atoms with Gasteiger partial charge in [0.25, 0.3) is 0 Å². The highest BCUT2D eigenvalue weighted by atomic mass is 16.6. The molecule has 0 radical (unpaired) electrons. The number of nitrogens with two attached hydrogens (primary N) is 1. The molecule has 0 spiro atoms. The van der Waals surface area contributed by atoms with Crippen LogP contribution in [-0.4, -0.2) is 42.2 Å². The molecule has 1 atom stereocenters. The van der Waals surface area contributed by atoms with Crippen molar-refractivity contribution in [1.29, 1.82) is 0 Å². The number of nitrogens with one attached hydrogen (secondary N) is 2. The lowest BCUT2D eigenvalue weighted by molar-refractivity contribution is -0.139. The second-order valence-electron chi connectivity index (χ2n) is 6.89. The largest absolute Gasteiger partial charge is 0.481 e. The number of carbonyl (C=O) groups is 3. The van der Waals surface area contributed by atoms with E-state index < -0.39 is 30.4 Å². The third kappa shape index (κ3) is 7.26. The zero-order valence-corrected chi connectivity index (χ0v) is 16.2. The third-order valence-electron chi connectivity index (χ3n) is 3.94. The molecule has 0 saturated carbocycles. The van der Waals surface area contributed by atoms with E-state index in [2.05, 4.69) is 10.6 Å². The summed E-state index contributed by atoms with van der Waals surface area (Å²) >= 11 is 0. The molecular weight excluding hydrogens is 350 g/mol. The molecular formula is C19H29N3O5. The highest BCUT2D eigenvalue weighted by Crippen LogP contribution is 2.34. The van der Waals surface area contributed by atoms with Gasteiger partial charge in [-0.15, -0.1) is 0 Å². The summed E-state index contributed by atoms with van der Waals surface area (Å²) in [5, 5.41) is 13.6. The molecule has 150 valence electrons. The molecule has 8 nitrogen and oxygen atoms in total. The highest BCUT2D eigenvalue weighted by molar-refractivity contribution is 5.85. The van der Waals surface area contributed by atoms with Crippen LogP contribution in [0.25, 0.3) is 0 Å². The first kappa shape index (κ1) is 22.4. The van der Waals surface area contributed by atoms with Crippen LogP contribution in [0.15, 0.2) is 18.2 Å². The Bertz CT molecular complexity index is 647. The van der Waals surface area contributed by atoms with Crippen molar-refractivity contribution in [2.24, 2.45) is 5.73 Å². The minimum absolute atomic E-state index is 0.115. The van der Waals surface area contributed by atoms with E-state index in [1.165, 1.54) is 0 Å². The number of rotatable bonds is 9. The van der Waals surface area contributed by atoms with Gasteiger partial charge in [0.2, 0.25) is 5.91 Å². The molecule has 2 amide bonds. The van der Waals surface area contributed by atoms with Gasteiger partial charge in [0.15, 0.2) is 0 Å². The fraction of sp³-hybridized carbons (Fsp3) is 0.526. The number of ether oxygens (including phenoxy) is 1. The van der Waals surface area contributed by atoms with Gasteiger partial charge in [0.05, 0.1) is 12.5 Å². The lowest BCUT2D eigenvalue weighted by atomic mass is 9.94. The van der Waals surface area contributed by atoms with E-state index in [0.717, 1.165) is 11.1 Å². The minimum Gasteiger partial charge on any atom is -0.481 e. The Labute approximate surface area is 159 Å². The van der Waals surface area contributed by atoms with Gasteiger partial charge in [0.1, 0.15) is 5.75 Å². The van der Waals surface area contributed by atoms with Gasteiger partial charge < -0.3 is 26.2 Å². The standard InChI is InChI=1S/C19H29N3O5/c1-11(2)13-6-5-7-14(12(3)4)17(13)27-19(26)22-9-8-21-18(25)15(20)10-16(23)24/h5-7,11-12,15H,8-10,20H2,1-4H3,(H,21,25)(H,22,26)(H,23,24)/t15-/m0/s1. The van der Waals surface area contributed by atoms with Crippen molar-refractivity contribution in [2.45, 2.75) is 52.0 Å². The van der Waals surface area contributed by atoms with Gasteiger partial charge in [-0.2, -0.15) is 0 Å². The second kappa shape index (κ2) is 10.5. The first-order valence-electron chi connectivity index (χ1n) is 8.97. The van der Waals surface area contributed by atoms with Crippen LogP contribution in [0.3, 0.4) is 0 Å². The van der Waals surface area contributed by atoms with Crippen LogP contribution in [-0.2, 0) is 9.59 Å². The molecule has 1 rings (SSSR count). The van der Waals surface area contributed by atoms with E-state index in [1.54, 1.807) is 0 Å². The van der Waals surface area contributed by atoms with Crippen molar-refractivity contribution in [3.05, 3.63) is 29.3 Å². The number of amides is 2. The van der Waals surface area contributed by atoms with E-state index in [-0.39, 0.29) is 24.9 Å². The first-order valence-corrected chi connectivity index (χ1v) is 8.97. The molecule has 0 saturated heterocycles. The fourth-order valence-electron chi connectivity index (χ4n) is 2.49. The molecule has 0 bridgehead atoms. The third-order valence-corrected chi connectivity index (χ3v) is 3.94. The SMILES string of the molecule is CC(C)c1cccc(C(C)C)c1OC(=O)NCCNC(=O)[C@@H](N)CC(=O)O. The summed E-state index contributed by atoms with van der Waals surface area (Å²) in [5.41, 5.74) is 7.34. The van der Waals surface area contributed by atoms with Crippen LogP contribution < -0.4 is 21.1 Å². The first-order chi connectivity index (χ1) is 12.6. The number of hydrogen-bond donors (Lipinski definition) is 4. The lowest BCUT2D eigenvalue weighted by Gasteiger charge is -2.19. The summed E-state index contributed by atoms with van der Waals surface area (Å²) in [6.45, 7) is 8.36. The Morgan fingerprint density at radius 3 is 2.04 bits per heavy atom. The van der Waals surface area contributed by atoms with E-state index >= 15 is 0 Å². The summed E-state index contributed by atoms with van der Waals surface area (Å²) in [4.78, 5) is 34.3. The predicted molar refractivity (Wildman–Crippen MR) is 102 cm³/mol. The molecule has 0 unspecified atom stereocenters. The Hall–Kier alpha value is -2.61. The van der Waals surface area contributed by atoms with Gasteiger partial charge in [-0.1, -0.05) is 45.9 Å². The van der Waals surface area contributed by atoms with E-state index in [4.69, 9.17) is 15.6 Å². The number of carbonyl (C=O) groups excluding carboxylic acids is 2. The summed E-state index contributed by atoms with van der Waals surface area (Å²) in [5.74, 6) is -0.778. The molecule has 0 aliphatic rings. The van der Waals surface area contributed by atoms with Gasteiger partial charge in [-0.25, -0.2) is 4.79 Å². The van der Waals surface area contributed by atoms with Gasteiger partial charge in [0, 0.05) is 13.1 Å². The molecule has 0 aliphatic heterocycles. The molecule has 1 aromatic carbocycles. The Morgan fingerprint density at radius 2 is 1.56 bits per heavy atom. The Balaban J connectivity index is 2.58. The topological polar surface area (TPSA) is 131 Å². The van der Waals surface area contributed by atoms with Crippen molar-refractivity contribution in [3.8, 4) is 5.75 Å². The molecule has 0 aliphatic carbocycles. The zero-order chi connectivity index (χ0) is 20.6. The van der Waals surface area contributed by atoms with E-state index in [9.17, 15) is 14.4 Å². The number of carboxylic acids is 1. The van der Waals surface area contributed by atoms with Crippen molar-refractivity contribution in [1.82, 2.24) is 10.6 Å². The van der Waals surface area contributed by atoms with Gasteiger partial charge >= 0.3 is 12.1 Å². The van der Waals surface area contributed by atoms with Crippen molar-refractivity contribution in [2.75, 3.05) is 13.1 Å². The van der Waals surface area contributed by atoms with Crippen LogP contribution in [0.5, 0.6) is 5.75 Å². The van der Waals surface area contributed by atoms with E-state index in [1.807, 2.05) is 45.9 Å². The molecule has 1 aromatic rings. The average molecular weight is 379 g/mol. The van der Waals surface area contributed by atoms with Crippen molar-refractivity contribution < 1.29 is 24.2 Å². The molecule has 8 heteroatoms. The normalized spacial score (nSPS) is 12.0. The number of hydrogen-bond acceptors (Lipinski definition) is 5. The molecule has 0 aromatic heterocycles. The smallest absolute Gasteiger partial charge is 0.412 e. The average Bonchev–Trinajstić information content (AvgIpc) is 2.57. The fourth-order valence-corrected chi connectivity index (χ4v) is 2.49. The second-order valence-corrected chi connectivity index (χ2v) is 6.89. The Morgan fingerprint density at radius 1 is 1.04 bits per heavy atom. The zero-order valence-electron chi connectivity index (χ0n) is 16.2. The summed E-state index contributed by atoms with van der Waals surface area (Å²) in [7, 11) is 0.